The summed E-state index contributed by atoms with van der Waals surface area (Å²) in [5.74, 6) is 7.09. The second-order valence-electron chi connectivity index (χ2n) is 20.2. The van der Waals surface area contributed by atoms with Gasteiger partial charge in [-0.2, -0.15) is 26.3 Å². The lowest BCUT2D eigenvalue weighted by Gasteiger charge is -2.35. The number of alkyl halides is 6. The topological polar surface area (TPSA) is 75.6 Å². The van der Waals surface area contributed by atoms with Crippen LogP contribution in [0.25, 0.3) is 0 Å². The van der Waals surface area contributed by atoms with E-state index in [0.29, 0.717) is 63.8 Å². The molecule has 2 aliphatic rings. The van der Waals surface area contributed by atoms with Gasteiger partial charge in [0, 0.05) is 27.9 Å². The van der Waals surface area contributed by atoms with Gasteiger partial charge in [-0.15, -0.1) is 6.42 Å². The fourth-order valence-electron chi connectivity index (χ4n) is 9.41. The Morgan fingerprint density at radius 2 is 1.01 bits per heavy atom. The van der Waals surface area contributed by atoms with Crippen LogP contribution >= 0.6 is 0 Å². The second-order valence-corrected chi connectivity index (χ2v) is 20.2. The quantitative estimate of drug-likeness (QED) is 0.0996. The molecule has 7 nitrogen and oxygen atoms in total. The van der Waals surface area contributed by atoms with Crippen molar-refractivity contribution in [2.75, 3.05) is 39.6 Å². The minimum Gasteiger partial charge on any atom is -0.493 e. The molecule has 2 aliphatic heterocycles. The van der Waals surface area contributed by atoms with Crippen LogP contribution < -0.4 is 9.47 Å². The average Bonchev–Trinajstić information content (AvgIpc) is 3.32. The number of terminal acetylenes is 1. The Balaban J connectivity index is 0.000000278. The number of hydrogen-bond donors (Lipinski definition) is 1. The number of hydrogen-bond acceptors (Lipinski definition) is 7. The molecular formula is C59H72F6O7. The van der Waals surface area contributed by atoms with Crippen LogP contribution in [-0.4, -0.2) is 80.2 Å². The van der Waals surface area contributed by atoms with E-state index in [9.17, 15) is 31.4 Å². The first kappa shape index (κ1) is 57.9. The molecule has 0 aliphatic carbocycles. The van der Waals surface area contributed by atoms with Gasteiger partial charge in [0.15, 0.2) is 5.79 Å². The number of rotatable bonds is 14. The summed E-state index contributed by atoms with van der Waals surface area (Å²) in [6.07, 6.45) is -3.16. The van der Waals surface area contributed by atoms with E-state index in [1.54, 1.807) is 19.1 Å². The molecule has 392 valence electrons. The highest BCUT2D eigenvalue weighted by Gasteiger charge is 2.70. The number of ether oxygens (including phenoxy) is 6. The maximum atomic E-state index is 13.0. The minimum atomic E-state index is -6.01. The van der Waals surface area contributed by atoms with E-state index < -0.39 is 29.2 Å². The van der Waals surface area contributed by atoms with Crippen molar-refractivity contribution in [3.05, 3.63) is 128 Å². The van der Waals surface area contributed by atoms with Crippen LogP contribution in [0.5, 0.6) is 11.5 Å². The summed E-state index contributed by atoms with van der Waals surface area (Å²) in [6.45, 7) is 27.2. The van der Waals surface area contributed by atoms with Crippen LogP contribution in [0, 0.1) is 57.8 Å². The monoisotopic (exact) mass is 1010 g/mol. The highest BCUT2D eigenvalue weighted by Crippen LogP contribution is 2.45. The zero-order valence-corrected chi connectivity index (χ0v) is 43.9. The van der Waals surface area contributed by atoms with Crippen LogP contribution in [0.1, 0.15) is 137 Å². The molecule has 1 N–H and O–H groups in total. The molecule has 0 bridgehead atoms. The Kier molecular flexibility index (Phi) is 18.5. The SMILES string of the molecule is C#Cc1ccc(C(CC)(CC)c2ccc(OCC3COC(C)(C)OC3)c(C)c2)cc1C.CCC(CC)(c1ccc(C#CC(O)(C(F)(F)F)C(F)(F)F)c(C)c1)c1ccc(OCC2COC(C)(C)CO2)c(C)c1. The Hall–Kier alpha value is -5.02. The number of aryl methyl sites for hydroxylation is 4. The van der Waals surface area contributed by atoms with Gasteiger partial charge in [0.2, 0.25) is 0 Å². The molecule has 0 saturated carbocycles. The average molecular weight is 1010 g/mol. The molecule has 4 aromatic carbocycles. The van der Waals surface area contributed by atoms with Gasteiger partial charge in [-0.1, -0.05) is 88.1 Å². The van der Waals surface area contributed by atoms with Crippen molar-refractivity contribution in [1.29, 1.82) is 0 Å². The van der Waals surface area contributed by atoms with Crippen molar-refractivity contribution >= 4 is 0 Å². The van der Waals surface area contributed by atoms with Crippen molar-refractivity contribution in [3.63, 3.8) is 0 Å². The van der Waals surface area contributed by atoms with Crippen molar-refractivity contribution in [2.45, 2.75) is 155 Å². The molecule has 6 rings (SSSR count). The smallest absolute Gasteiger partial charge is 0.438 e. The fourth-order valence-corrected chi connectivity index (χ4v) is 9.41. The predicted molar refractivity (Wildman–Crippen MR) is 270 cm³/mol. The number of aliphatic hydroxyl groups is 1. The van der Waals surface area contributed by atoms with E-state index in [1.165, 1.54) is 17.2 Å². The Morgan fingerprint density at radius 1 is 0.597 bits per heavy atom. The Morgan fingerprint density at radius 3 is 1.39 bits per heavy atom. The normalized spacial score (nSPS) is 17.4. The van der Waals surface area contributed by atoms with Crippen LogP contribution in [0.2, 0.25) is 0 Å². The molecule has 2 saturated heterocycles. The third-order valence-corrected chi connectivity index (χ3v) is 14.3. The van der Waals surface area contributed by atoms with Gasteiger partial charge in [0.1, 0.15) is 24.2 Å². The molecule has 1 atom stereocenters. The molecule has 1 unspecified atom stereocenters. The first-order chi connectivity index (χ1) is 33.6. The second kappa shape index (κ2) is 23.0. The number of benzene rings is 4. The van der Waals surface area contributed by atoms with Gasteiger partial charge in [0.25, 0.3) is 0 Å². The van der Waals surface area contributed by atoms with Gasteiger partial charge >= 0.3 is 18.0 Å². The minimum absolute atomic E-state index is 0.0426. The van der Waals surface area contributed by atoms with Crippen LogP contribution in [0.4, 0.5) is 26.3 Å². The zero-order chi connectivity index (χ0) is 53.5. The first-order valence-corrected chi connectivity index (χ1v) is 24.7. The Labute approximate surface area is 423 Å². The van der Waals surface area contributed by atoms with Crippen LogP contribution in [0.3, 0.4) is 0 Å². The zero-order valence-electron chi connectivity index (χ0n) is 43.9. The lowest BCUT2D eigenvalue weighted by molar-refractivity contribution is -0.343. The lowest BCUT2D eigenvalue weighted by atomic mass is 9.70. The summed E-state index contributed by atoms with van der Waals surface area (Å²) in [5.41, 5.74) is 3.02. The molecule has 72 heavy (non-hydrogen) atoms. The summed E-state index contributed by atoms with van der Waals surface area (Å²) in [7, 11) is 0. The largest absolute Gasteiger partial charge is 0.493 e. The van der Waals surface area contributed by atoms with Gasteiger partial charge in [-0.25, -0.2) is 0 Å². The van der Waals surface area contributed by atoms with E-state index in [2.05, 4.69) is 70.0 Å². The number of halogens is 6. The molecule has 13 heteroatoms. The lowest BCUT2D eigenvalue weighted by Crippen LogP contribution is -2.55. The molecule has 2 heterocycles. The Bertz CT molecular complexity index is 2550. The van der Waals surface area contributed by atoms with Crippen molar-refractivity contribution in [1.82, 2.24) is 0 Å². The summed E-state index contributed by atoms with van der Waals surface area (Å²) < 4.78 is 114. The molecule has 0 amide bonds. The van der Waals surface area contributed by atoms with E-state index in [-0.39, 0.29) is 28.6 Å². The fraction of sp³-hybridized carbons (Fsp3) is 0.525. The van der Waals surface area contributed by atoms with Gasteiger partial charge in [0.05, 0.1) is 38.6 Å². The van der Waals surface area contributed by atoms with Gasteiger partial charge < -0.3 is 33.5 Å². The van der Waals surface area contributed by atoms with E-state index in [1.807, 2.05) is 72.6 Å². The van der Waals surface area contributed by atoms with Crippen LogP contribution in [-0.2, 0) is 29.8 Å². The maximum Gasteiger partial charge on any atom is 0.438 e. The van der Waals surface area contributed by atoms with Crippen molar-refractivity contribution in [3.8, 4) is 35.7 Å². The summed E-state index contributed by atoms with van der Waals surface area (Å²) in [4.78, 5) is 0. The predicted octanol–water partition coefficient (Wildman–Crippen LogP) is 13.4. The first-order valence-electron chi connectivity index (χ1n) is 24.7. The summed E-state index contributed by atoms with van der Waals surface area (Å²) in [6, 6.07) is 23.8. The molecule has 0 radical (unpaired) electrons. The molecular weight excluding hydrogens is 935 g/mol. The van der Waals surface area contributed by atoms with E-state index in [0.717, 1.165) is 57.9 Å². The highest BCUT2D eigenvalue weighted by molar-refractivity contribution is 5.52. The summed E-state index contributed by atoms with van der Waals surface area (Å²) >= 11 is 0. The van der Waals surface area contributed by atoms with Gasteiger partial charge in [-0.3, -0.25) is 0 Å². The van der Waals surface area contributed by atoms with E-state index >= 15 is 0 Å². The van der Waals surface area contributed by atoms with Crippen molar-refractivity contribution in [2.24, 2.45) is 5.92 Å². The van der Waals surface area contributed by atoms with Crippen molar-refractivity contribution < 1.29 is 59.9 Å². The third-order valence-electron chi connectivity index (χ3n) is 14.3. The van der Waals surface area contributed by atoms with Gasteiger partial charge in [-0.05, 0) is 156 Å². The highest BCUT2D eigenvalue weighted by atomic mass is 19.4. The molecule has 2 fully saturated rings. The standard InChI is InChI=1S/C31H36F6O4.C28H36O3/c1-7-28(8-2,24-11-12-26(21(4)16-24)39-17-25-18-41-27(5,6)19-40-25)23-10-9-22(20(3)15-23)13-14-29(38,30(32,33)34)31(35,36)37;1-8-23-11-12-24(15-20(23)4)28(9-2,10-3)25-13-14-26(21(5)16-25)29-17-22-18-30-27(6,7)31-19-22/h9-12,15-16,25,38H,7-8,17-19H2,1-6H3;1,11-16,22H,9-10,17-19H2,2-7H3. The summed E-state index contributed by atoms with van der Waals surface area (Å²) in [5, 5.41) is 9.38. The maximum absolute atomic E-state index is 13.0. The molecule has 0 spiro atoms. The van der Waals surface area contributed by atoms with E-state index in [4.69, 9.17) is 34.8 Å². The molecule has 4 aromatic rings. The van der Waals surface area contributed by atoms with Crippen LogP contribution in [0.15, 0.2) is 72.8 Å². The molecule has 0 aromatic heterocycles. The third kappa shape index (κ3) is 13.0.